The van der Waals surface area contributed by atoms with Gasteiger partial charge in [-0.3, -0.25) is 9.59 Å². The van der Waals surface area contributed by atoms with Crippen LogP contribution in [0.2, 0.25) is 0 Å². The van der Waals surface area contributed by atoms with Crippen molar-refractivity contribution in [2.75, 3.05) is 13.1 Å². The Kier molecular flexibility index (Phi) is 5.64. The van der Waals surface area contributed by atoms with Crippen LogP contribution in [0.3, 0.4) is 0 Å². The molecule has 1 unspecified atom stereocenters. The molecule has 3 aromatic heterocycles. The highest BCUT2D eigenvalue weighted by Crippen LogP contribution is 2.33. The third-order valence-electron chi connectivity index (χ3n) is 5.39. The number of nitrogens with one attached hydrogen (secondary N) is 1. The van der Waals surface area contributed by atoms with E-state index in [1.807, 2.05) is 46.0 Å². The summed E-state index contributed by atoms with van der Waals surface area (Å²) in [6.45, 7) is 8.30. The zero-order chi connectivity index (χ0) is 21.3. The van der Waals surface area contributed by atoms with Gasteiger partial charge >= 0.3 is 0 Å². The molecular formula is C23H28N4O2S. The number of fused-ring (bicyclic) bond motifs is 1. The minimum absolute atomic E-state index is 0.00544. The molecule has 0 bridgehead atoms. The summed E-state index contributed by atoms with van der Waals surface area (Å²) in [6.07, 6.45) is 7.13. The molecule has 6 nitrogen and oxygen atoms in total. The number of carbonyl (C=O) groups is 2. The summed E-state index contributed by atoms with van der Waals surface area (Å²) in [7, 11) is 0. The quantitative estimate of drug-likeness (QED) is 0.671. The van der Waals surface area contributed by atoms with E-state index in [1.165, 1.54) is 16.2 Å². The minimum Gasteiger partial charge on any atom is -0.347 e. The fourth-order valence-corrected chi connectivity index (χ4v) is 4.86. The van der Waals surface area contributed by atoms with Crippen molar-refractivity contribution in [1.29, 1.82) is 0 Å². The molecule has 30 heavy (non-hydrogen) atoms. The summed E-state index contributed by atoms with van der Waals surface area (Å²) in [5.41, 5.74) is 1.89. The molecule has 0 radical (unpaired) electrons. The summed E-state index contributed by atoms with van der Waals surface area (Å²) in [6, 6.07) is 7.89. The van der Waals surface area contributed by atoms with Crippen LogP contribution in [0.15, 0.2) is 42.9 Å². The van der Waals surface area contributed by atoms with E-state index < -0.39 is 0 Å². The maximum absolute atomic E-state index is 12.6. The number of hydrogen-bond donors (Lipinski definition) is 1. The van der Waals surface area contributed by atoms with E-state index in [4.69, 9.17) is 0 Å². The molecule has 4 heterocycles. The lowest BCUT2D eigenvalue weighted by molar-refractivity contribution is -0.132. The Labute approximate surface area is 180 Å². The Bertz CT molecular complexity index is 1060. The minimum atomic E-state index is -0.0619. The largest absolute Gasteiger partial charge is 0.347 e. The summed E-state index contributed by atoms with van der Waals surface area (Å²) in [5.74, 6) is 0.491. The molecule has 0 aromatic carbocycles. The molecule has 3 aromatic rings. The summed E-state index contributed by atoms with van der Waals surface area (Å²) in [5, 5.41) is 3.00. The molecule has 2 amide bonds. The van der Waals surface area contributed by atoms with E-state index in [1.54, 1.807) is 6.20 Å². The molecule has 1 atom stereocenters. The number of carbonyl (C=O) groups excluding carboxylic acids is 2. The Morgan fingerprint density at radius 2 is 2.07 bits per heavy atom. The van der Waals surface area contributed by atoms with E-state index in [2.05, 4.69) is 31.1 Å². The number of amides is 2. The van der Waals surface area contributed by atoms with Crippen molar-refractivity contribution in [2.24, 2.45) is 5.41 Å². The van der Waals surface area contributed by atoms with E-state index in [0.717, 1.165) is 30.7 Å². The molecule has 1 aliphatic rings. The summed E-state index contributed by atoms with van der Waals surface area (Å²) in [4.78, 5) is 33.2. The molecule has 0 saturated carbocycles. The standard InChI is InChI=1S/C23H28N4O2S/c1-23(2,3)13-21(28)27-10-7-17(15-27)18-4-5-19(30-18)22(29)25-14-16-6-9-26-11-8-24-20(26)12-16/h4-6,8-9,11-12,17H,7,10,13-15H2,1-3H3,(H,25,29). The Morgan fingerprint density at radius 1 is 1.23 bits per heavy atom. The number of imidazole rings is 1. The van der Waals surface area contributed by atoms with Gasteiger partial charge in [-0.15, -0.1) is 11.3 Å². The van der Waals surface area contributed by atoms with Crippen LogP contribution in [0.5, 0.6) is 0 Å². The van der Waals surface area contributed by atoms with Crippen molar-refractivity contribution in [1.82, 2.24) is 19.6 Å². The SMILES string of the molecule is CC(C)(C)CC(=O)N1CCC(c2ccc(C(=O)NCc3ccn4ccnc4c3)s2)C1. The molecule has 0 aliphatic carbocycles. The molecule has 1 aliphatic heterocycles. The van der Waals surface area contributed by atoms with E-state index in [-0.39, 0.29) is 17.2 Å². The number of hydrogen-bond acceptors (Lipinski definition) is 4. The van der Waals surface area contributed by atoms with Crippen LogP contribution >= 0.6 is 11.3 Å². The zero-order valence-corrected chi connectivity index (χ0v) is 18.5. The molecule has 7 heteroatoms. The molecular weight excluding hydrogens is 396 g/mol. The Balaban J connectivity index is 1.33. The number of thiophene rings is 1. The molecule has 0 spiro atoms. The van der Waals surface area contributed by atoms with Crippen LogP contribution in [0.25, 0.3) is 5.65 Å². The average molecular weight is 425 g/mol. The van der Waals surface area contributed by atoms with E-state index >= 15 is 0 Å². The normalized spacial score (nSPS) is 16.9. The highest BCUT2D eigenvalue weighted by atomic mass is 32.1. The van der Waals surface area contributed by atoms with Gasteiger partial charge in [-0.05, 0) is 41.7 Å². The second kappa shape index (κ2) is 8.22. The molecule has 1 N–H and O–H groups in total. The summed E-state index contributed by atoms with van der Waals surface area (Å²) >= 11 is 1.54. The van der Waals surface area contributed by atoms with Crippen molar-refractivity contribution in [3.63, 3.8) is 0 Å². The predicted molar refractivity (Wildman–Crippen MR) is 119 cm³/mol. The van der Waals surface area contributed by atoms with Crippen LogP contribution < -0.4 is 5.32 Å². The van der Waals surface area contributed by atoms with Crippen LogP contribution in [0.1, 0.15) is 59.6 Å². The maximum Gasteiger partial charge on any atom is 0.261 e. The predicted octanol–water partition coefficient (Wildman–Crippen LogP) is 4.08. The smallest absolute Gasteiger partial charge is 0.261 e. The highest BCUT2D eigenvalue weighted by molar-refractivity contribution is 7.14. The van der Waals surface area contributed by atoms with Crippen LogP contribution in [-0.2, 0) is 11.3 Å². The topological polar surface area (TPSA) is 66.7 Å². The molecule has 1 saturated heterocycles. The van der Waals surface area contributed by atoms with Gasteiger partial charge in [0.15, 0.2) is 0 Å². The number of likely N-dealkylation sites (tertiary alicyclic amines) is 1. The zero-order valence-electron chi connectivity index (χ0n) is 17.7. The van der Waals surface area contributed by atoms with Crippen LogP contribution in [0.4, 0.5) is 0 Å². The fraction of sp³-hybridized carbons (Fsp3) is 0.435. The van der Waals surface area contributed by atoms with Gasteiger partial charge in [0, 0.05) is 55.4 Å². The van der Waals surface area contributed by atoms with Gasteiger partial charge in [0.2, 0.25) is 5.91 Å². The van der Waals surface area contributed by atoms with Gasteiger partial charge in [0.25, 0.3) is 5.91 Å². The first-order valence-corrected chi connectivity index (χ1v) is 11.2. The van der Waals surface area contributed by atoms with Gasteiger partial charge in [-0.2, -0.15) is 0 Å². The molecule has 4 rings (SSSR count). The molecule has 158 valence electrons. The van der Waals surface area contributed by atoms with Crippen LogP contribution in [0, 0.1) is 5.41 Å². The van der Waals surface area contributed by atoms with Crippen molar-refractivity contribution in [3.8, 4) is 0 Å². The first-order chi connectivity index (χ1) is 14.3. The Hall–Kier alpha value is -2.67. The lowest BCUT2D eigenvalue weighted by Crippen LogP contribution is -2.31. The van der Waals surface area contributed by atoms with E-state index in [9.17, 15) is 9.59 Å². The van der Waals surface area contributed by atoms with Crippen molar-refractivity contribution < 1.29 is 9.59 Å². The summed E-state index contributed by atoms with van der Waals surface area (Å²) < 4.78 is 1.94. The van der Waals surface area contributed by atoms with E-state index in [0.29, 0.717) is 23.8 Å². The van der Waals surface area contributed by atoms with Gasteiger partial charge < -0.3 is 14.6 Å². The van der Waals surface area contributed by atoms with Crippen LogP contribution in [-0.4, -0.2) is 39.2 Å². The monoisotopic (exact) mass is 424 g/mol. The average Bonchev–Trinajstić information content (AvgIpc) is 3.44. The van der Waals surface area contributed by atoms with Crippen molar-refractivity contribution >= 4 is 28.8 Å². The number of rotatable bonds is 5. The lowest BCUT2D eigenvalue weighted by atomic mass is 9.92. The first-order valence-electron chi connectivity index (χ1n) is 10.4. The van der Waals surface area contributed by atoms with Crippen molar-refractivity contribution in [2.45, 2.75) is 46.1 Å². The van der Waals surface area contributed by atoms with Crippen molar-refractivity contribution in [3.05, 3.63) is 58.2 Å². The van der Waals surface area contributed by atoms with Gasteiger partial charge in [0.1, 0.15) is 5.65 Å². The van der Waals surface area contributed by atoms with Gasteiger partial charge in [0.05, 0.1) is 4.88 Å². The third kappa shape index (κ3) is 4.73. The highest BCUT2D eigenvalue weighted by Gasteiger charge is 2.30. The third-order valence-corrected chi connectivity index (χ3v) is 6.64. The number of pyridine rings is 1. The fourth-order valence-electron chi connectivity index (χ4n) is 3.81. The molecule has 1 fully saturated rings. The second-order valence-electron chi connectivity index (χ2n) is 9.18. The number of nitrogens with zero attached hydrogens (tertiary/aromatic N) is 3. The lowest BCUT2D eigenvalue weighted by Gasteiger charge is -2.23. The Morgan fingerprint density at radius 3 is 2.87 bits per heavy atom. The number of aromatic nitrogens is 2. The van der Waals surface area contributed by atoms with Gasteiger partial charge in [-0.25, -0.2) is 4.98 Å². The maximum atomic E-state index is 12.6. The second-order valence-corrected chi connectivity index (χ2v) is 10.3. The van der Waals surface area contributed by atoms with Gasteiger partial charge in [-0.1, -0.05) is 20.8 Å². The first kappa shape index (κ1) is 20.6.